The van der Waals surface area contributed by atoms with E-state index >= 15 is 0 Å². The van der Waals surface area contributed by atoms with Gasteiger partial charge in [0.1, 0.15) is 0 Å². The molecule has 2 aromatic carbocycles. The van der Waals surface area contributed by atoms with Crippen molar-refractivity contribution in [1.29, 1.82) is 0 Å². The summed E-state index contributed by atoms with van der Waals surface area (Å²) >= 11 is 0. The number of hydrogen-bond donors (Lipinski definition) is 2. The van der Waals surface area contributed by atoms with Crippen molar-refractivity contribution in [1.82, 2.24) is 15.4 Å². The second-order valence-corrected chi connectivity index (χ2v) is 6.75. The molecular formula is C21H23N3O2. The molecule has 1 aliphatic heterocycles. The third-order valence-electron chi connectivity index (χ3n) is 5.01. The number of rotatable bonds is 4. The smallest absolute Gasteiger partial charge is 0.341 e. The molecule has 0 aliphatic carbocycles. The normalized spacial score (nSPS) is 15.3. The topological polar surface area (TPSA) is 57.4 Å². The van der Waals surface area contributed by atoms with Crippen molar-refractivity contribution >= 4 is 16.9 Å². The van der Waals surface area contributed by atoms with E-state index < -0.39 is 0 Å². The van der Waals surface area contributed by atoms with Gasteiger partial charge in [0.2, 0.25) is 0 Å². The van der Waals surface area contributed by atoms with E-state index in [1.165, 1.54) is 16.6 Å². The SMILES string of the molecule is O=C(NOCc1ccccc1)N1CCC(c2cc3ccccc3[nH]2)CC1. The molecule has 1 fully saturated rings. The molecule has 1 aromatic heterocycles. The summed E-state index contributed by atoms with van der Waals surface area (Å²) in [6, 6.07) is 20.2. The van der Waals surface area contributed by atoms with Gasteiger partial charge in [0.05, 0.1) is 6.61 Å². The van der Waals surface area contributed by atoms with Gasteiger partial charge >= 0.3 is 6.03 Å². The fourth-order valence-electron chi connectivity index (χ4n) is 3.53. The van der Waals surface area contributed by atoms with Crippen LogP contribution in [0.2, 0.25) is 0 Å². The first-order valence-electron chi connectivity index (χ1n) is 9.08. The Balaban J connectivity index is 1.27. The van der Waals surface area contributed by atoms with E-state index in [0.717, 1.165) is 31.5 Å². The summed E-state index contributed by atoms with van der Waals surface area (Å²) in [5, 5.41) is 1.25. The van der Waals surface area contributed by atoms with Crippen LogP contribution in [0.25, 0.3) is 10.9 Å². The molecule has 2 heterocycles. The third-order valence-corrected chi connectivity index (χ3v) is 5.01. The van der Waals surface area contributed by atoms with Crippen LogP contribution in [0.15, 0.2) is 60.7 Å². The van der Waals surface area contributed by atoms with E-state index in [9.17, 15) is 4.79 Å². The monoisotopic (exact) mass is 349 g/mol. The second-order valence-electron chi connectivity index (χ2n) is 6.75. The van der Waals surface area contributed by atoms with Crippen molar-refractivity contribution in [2.45, 2.75) is 25.4 Å². The van der Waals surface area contributed by atoms with Crippen molar-refractivity contribution in [2.24, 2.45) is 0 Å². The highest BCUT2D eigenvalue weighted by Crippen LogP contribution is 2.29. The molecule has 0 saturated carbocycles. The Bertz CT molecular complexity index is 834. The maximum atomic E-state index is 12.3. The molecule has 4 rings (SSSR count). The molecule has 5 nitrogen and oxygen atoms in total. The number of carbonyl (C=O) groups excluding carboxylic acids is 1. The number of likely N-dealkylation sites (tertiary alicyclic amines) is 1. The van der Waals surface area contributed by atoms with Crippen LogP contribution in [0.1, 0.15) is 30.0 Å². The summed E-state index contributed by atoms with van der Waals surface area (Å²) in [4.78, 5) is 22.9. The molecule has 1 aliphatic rings. The predicted molar refractivity (Wildman–Crippen MR) is 102 cm³/mol. The van der Waals surface area contributed by atoms with Crippen molar-refractivity contribution in [3.63, 3.8) is 0 Å². The van der Waals surface area contributed by atoms with E-state index in [2.05, 4.69) is 34.7 Å². The lowest BCUT2D eigenvalue weighted by atomic mass is 9.94. The van der Waals surface area contributed by atoms with Gasteiger partial charge in [0.15, 0.2) is 0 Å². The van der Waals surface area contributed by atoms with Crippen LogP contribution >= 0.6 is 0 Å². The van der Waals surface area contributed by atoms with Crippen LogP contribution in [-0.4, -0.2) is 29.0 Å². The van der Waals surface area contributed by atoms with Crippen molar-refractivity contribution in [3.8, 4) is 0 Å². The number of amides is 2. The van der Waals surface area contributed by atoms with Crippen molar-refractivity contribution in [3.05, 3.63) is 71.9 Å². The Hall–Kier alpha value is -2.79. The molecule has 0 atom stereocenters. The van der Waals surface area contributed by atoms with Gasteiger partial charge in [-0.2, -0.15) is 0 Å². The van der Waals surface area contributed by atoms with Crippen LogP contribution in [0.5, 0.6) is 0 Å². The number of piperidine rings is 1. The van der Waals surface area contributed by atoms with Crippen LogP contribution in [0.4, 0.5) is 4.79 Å². The highest BCUT2D eigenvalue weighted by molar-refractivity contribution is 5.80. The Kier molecular flexibility index (Phi) is 4.88. The fourth-order valence-corrected chi connectivity index (χ4v) is 3.53. The minimum atomic E-state index is -0.156. The number of aromatic nitrogens is 1. The van der Waals surface area contributed by atoms with E-state index in [4.69, 9.17) is 4.84 Å². The number of aromatic amines is 1. The quantitative estimate of drug-likeness (QED) is 0.694. The molecular weight excluding hydrogens is 326 g/mol. The van der Waals surface area contributed by atoms with E-state index in [1.54, 1.807) is 0 Å². The third kappa shape index (κ3) is 3.73. The highest BCUT2D eigenvalue weighted by atomic mass is 16.7. The van der Waals surface area contributed by atoms with Crippen LogP contribution in [0.3, 0.4) is 0 Å². The molecule has 0 radical (unpaired) electrons. The summed E-state index contributed by atoms with van der Waals surface area (Å²) in [6.07, 6.45) is 1.91. The number of nitrogens with zero attached hydrogens (tertiary/aromatic N) is 1. The minimum absolute atomic E-state index is 0.156. The zero-order chi connectivity index (χ0) is 17.8. The van der Waals surface area contributed by atoms with Gasteiger partial charge in [-0.1, -0.05) is 48.5 Å². The Morgan fingerprint density at radius 1 is 1.08 bits per heavy atom. The van der Waals surface area contributed by atoms with Crippen LogP contribution < -0.4 is 5.48 Å². The lowest BCUT2D eigenvalue weighted by molar-refractivity contribution is 0.0339. The number of hydroxylamine groups is 1. The lowest BCUT2D eigenvalue weighted by Crippen LogP contribution is -2.44. The minimum Gasteiger partial charge on any atom is -0.358 e. The number of benzene rings is 2. The van der Waals surface area contributed by atoms with Gasteiger partial charge < -0.3 is 9.88 Å². The number of urea groups is 1. The molecule has 0 unspecified atom stereocenters. The van der Waals surface area contributed by atoms with E-state index in [-0.39, 0.29) is 6.03 Å². The summed E-state index contributed by atoms with van der Waals surface area (Å²) in [5.74, 6) is 0.469. The zero-order valence-electron chi connectivity index (χ0n) is 14.7. The number of hydrogen-bond acceptors (Lipinski definition) is 2. The average Bonchev–Trinajstić information content (AvgIpc) is 3.13. The maximum absolute atomic E-state index is 12.3. The number of para-hydroxylation sites is 1. The van der Waals surface area contributed by atoms with E-state index in [0.29, 0.717) is 12.5 Å². The Labute approximate surface area is 152 Å². The molecule has 2 N–H and O–H groups in total. The average molecular weight is 349 g/mol. The van der Waals surface area contributed by atoms with Crippen molar-refractivity contribution < 1.29 is 9.63 Å². The lowest BCUT2D eigenvalue weighted by Gasteiger charge is -2.31. The van der Waals surface area contributed by atoms with Gasteiger partial charge in [-0.3, -0.25) is 4.84 Å². The highest BCUT2D eigenvalue weighted by Gasteiger charge is 2.24. The molecule has 26 heavy (non-hydrogen) atoms. The maximum Gasteiger partial charge on any atom is 0.341 e. The van der Waals surface area contributed by atoms with E-state index in [1.807, 2.05) is 41.3 Å². The van der Waals surface area contributed by atoms with Gasteiger partial charge in [-0.15, -0.1) is 0 Å². The van der Waals surface area contributed by atoms with Gasteiger partial charge in [0, 0.05) is 30.2 Å². The Morgan fingerprint density at radius 3 is 2.58 bits per heavy atom. The molecule has 134 valence electrons. The molecule has 5 heteroatoms. The first kappa shape index (κ1) is 16.7. The van der Waals surface area contributed by atoms with Gasteiger partial charge in [0.25, 0.3) is 0 Å². The van der Waals surface area contributed by atoms with Crippen LogP contribution in [0, 0.1) is 0 Å². The summed E-state index contributed by atoms with van der Waals surface area (Å²) in [5.41, 5.74) is 6.04. The molecule has 0 bridgehead atoms. The standard InChI is InChI=1S/C21H23N3O2/c25-21(23-26-15-16-6-2-1-3-7-16)24-12-10-17(11-13-24)20-14-18-8-4-5-9-19(18)22-20/h1-9,14,17,22H,10-13,15H2,(H,23,25). The van der Waals surface area contributed by atoms with Gasteiger partial charge in [-0.05, 0) is 35.9 Å². The molecule has 1 saturated heterocycles. The molecule has 2 amide bonds. The number of fused-ring (bicyclic) bond motifs is 1. The predicted octanol–water partition coefficient (Wildman–Crippen LogP) is 4.19. The number of H-pyrrole nitrogens is 1. The number of nitrogens with one attached hydrogen (secondary N) is 2. The Morgan fingerprint density at radius 2 is 1.81 bits per heavy atom. The first-order valence-corrected chi connectivity index (χ1v) is 9.08. The molecule has 0 spiro atoms. The summed E-state index contributed by atoms with van der Waals surface area (Å²) in [6.45, 7) is 1.85. The molecule has 3 aromatic rings. The second kappa shape index (κ2) is 7.62. The largest absolute Gasteiger partial charge is 0.358 e. The summed E-state index contributed by atoms with van der Waals surface area (Å²) in [7, 11) is 0. The number of carbonyl (C=O) groups is 1. The van der Waals surface area contributed by atoms with Gasteiger partial charge in [-0.25, -0.2) is 10.3 Å². The fraction of sp³-hybridized carbons (Fsp3) is 0.286. The summed E-state index contributed by atoms with van der Waals surface area (Å²) < 4.78 is 0. The van der Waals surface area contributed by atoms with Crippen molar-refractivity contribution in [2.75, 3.05) is 13.1 Å². The zero-order valence-corrected chi connectivity index (χ0v) is 14.7. The first-order chi connectivity index (χ1) is 12.8. The van der Waals surface area contributed by atoms with Crippen LogP contribution in [-0.2, 0) is 11.4 Å².